The highest BCUT2D eigenvalue weighted by atomic mass is 32.2. The van der Waals surface area contributed by atoms with E-state index in [1.807, 2.05) is 6.92 Å². The molecule has 4 nitrogen and oxygen atoms in total. The first-order valence-electron chi connectivity index (χ1n) is 6.43. The van der Waals surface area contributed by atoms with Crippen molar-refractivity contribution in [2.45, 2.75) is 38.1 Å². The summed E-state index contributed by atoms with van der Waals surface area (Å²) >= 11 is 1.76. The summed E-state index contributed by atoms with van der Waals surface area (Å²) in [5.41, 5.74) is 5.55. The van der Waals surface area contributed by atoms with E-state index >= 15 is 0 Å². The van der Waals surface area contributed by atoms with Crippen molar-refractivity contribution < 1.29 is 12.8 Å². The van der Waals surface area contributed by atoms with Crippen molar-refractivity contribution in [3.8, 4) is 0 Å². The number of nitrogens with one attached hydrogen (secondary N) is 1. The van der Waals surface area contributed by atoms with Crippen LogP contribution >= 0.6 is 11.8 Å². The number of hydrogen-bond acceptors (Lipinski definition) is 4. The number of aryl methyl sites for hydroxylation is 1. The van der Waals surface area contributed by atoms with Gasteiger partial charge in [-0.3, -0.25) is 0 Å². The van der Waals surface area contributed by atoms with E-state index < -0.39 is 15.8 Å². The molecule has 0 saturated carbocycles. The molecule has 1 unspecified atom stereocenters. The molecule has 0 aromatic heterocycles. The van der Waals surface area contributed by atoms with Gasteiger partial charge >= 0.3 is 0 Å². The Morgan fingerprint density at radius 2 is 2.10 bits per heavy atom. The molecule has 0 aliphatic heterocycles. The van der Waals surface area contributed by atoms with Crippen LogP contribution in [0.5, 0.6) is 0 Å². The lowest BCUT2D eigenvalue weighted by atomic mass is 10.2. The maximum atomic E-state index is 13.4. The molecule has 0 spiro atoms. The van der Waals surface area contributed by atoms with Gasteiger partial charge in [0.2, 0.25) is 10.0 Å². The Morgan fingerprint density at radius 3 is 2.65 bits per heavy atom. The van der Waals surface area contributed by atoms with Crippen LogP contribution in [0.2, 0.25) is 0 Å². The number of rotatable bonds is 7. The fourth-order valence-electron chi connectivity index (χ4n) is 1.71. The van der Waals surface area contributed by atoms with E-state index in [1.54, 1.807) is 11.8 Å². The standard InChI is InChI=1S/C13H21FN2O2S2/c1-4-19-6-5-10(3)16-20(17,18)11-7-9(2)13(14)12(15)8-11/h7-8,10,16H,4-6,15H2,1-3H3. The zero-order valence-corrected chi connectivity index (χ0v) is 13.6. The fourth-order valence-corrected chi connectivity index (χ4v) is 3.92. The number of benzene rings is 1. The van der Waals surface area contributed by atoms with Gasteiger partial charge in [0.25, 0.3) is 0 Å². The molecule has 1 rings (SSSR count). The van der Waals surface area contributed by atoms with Crippen LogP contribution in [0, 0.1) is 12.7 Å². The Morgan fingerprint density at radius 1 is 1.45 bits per heavy atom. The second kappa shape index (κ2) is 7.28. The lowest BCUT2D eigenvalue weighted by molar-refractivity contribution is 0.556. The minimum absolute atomic E-state index is 0.00361. The predicted molar refractivity (Wildman–Crippen MR) is 82.9 cm³/mol. The molecule has 114 valence electrons. The molecular formula is C13H21FN2O2S2. The van der Waals surface area contributed by atoms with Gasteiger partial charge in [-0.25, -0.2) is 17.5 Å². The first-order chi connectivity index (χ1) is 9.27. The first kappa shape index (κ1) is 17.3. The van der Waals surface area contributed by atoms with Crippen molar-refractivity contribution in [1.29, 1.82) is 0 Å². The van der Waals surface area contributed by atoms with E-state index in [9.17, 15) is 12.8 Å². The molecule has 0 aliphatic carbocycles. The largest absolute Gasteiger partial charge is 0.396 e. The second-order valence-corrected chi connectivity index (χ2v) is 7.76. The van der Waals surface area contributed by atoms with E-state index in [0.717, 1.165) is 24.0 Å². The Hall–Kier alpha value is -0.790. The molecule has 0 fully saturated rings. The summed E-state index contributed by atoms with van der Waals surface area (Å²) in [7, 11) is -3.66. The normalized spacial score (nSPS) is 13.4. The van der Waals surface area contributed by atoms with Gasteiger partial charge in [0.1, 0.15) is 5.82 Å². The lowest BCUT2D eigenvalue weighted by Crippen LogP contribution is -2.33. The third-order valence-corrected chi connectivity index (χ3v) is 5.32. The van der Waals surface area contributed by atoms with Crippen molar-refractivity contribution in [2.24, 2.45) is 0 Å². The molecule has 7 heteroatoms. The van der Waals surface area contributed by atoms with E-state index in [2.05, 4.69) is 11.6 Å². The quantitative estimate of drug-likeness (QED) is 0.598. The molecule has 0 amide bonds. The molecular weight excluding hydrogens is 299 g/mol. The van der Waals surface area contributed by atoms with E-state index in [4.69, 9.17) is 5.73 Å². The van der Waals surface area contributed by atoms with Crippen LogP contribution < -0.4 is 10.5 Å². The highest BCUT2D eigenvalue weighted by Gasteiger charge is 2.19. The summed E-state index contributed by atoms with van der Waals surface area (Å²) in [6.07, 6.45) is 0.743. The van der Waals surface area contributed by atoms with E-state index in [0.29, 0.717) is 0 Å². The topological polar surface area (TPSA) is 72.2 Å². The molecule has 0 aliphatic rings. The Labute approximate surface area is 124 Å². The van der Waals surface area contributed by atoms with Crippen LogP contribution in [0.1, 0.15) is 25.8 Å². The van der Waals surface area contributed by atoms with Gasteiger partial charge < -0.3 is 5.73 Å². The van der Waals surface area contributed by atoms with Crippen LogP contribution in [0.25, 0.3) is 0 Å². The summed E-state index contributed by atoms with van der Waals surface area (Å²) in [6, 6.07) is 2.27. The Bertz CT molecular complexity index is 538. The zero-order valence-electron chi connectivity index (χ0n) is 11.9. The summed E-state index contributed by atoms with van der Waals surface area (Å²) in [6.45, 7) is 5.36. The van der Waals surface area contributed by atoms with Crippen molar-refractivity contribution in [3.05, 3.63) is 23.5 Å². The van der Waals surface area contributed by atoms with Crippen LogP contribution in [0.3, 0.4) is 0 Å². The number of anilines is 1. The summed E-state index contributed by atoms with van der Waals surface area (Å²) < 4.78 is 40.4. The molecule has 20 heavy (non-hydrogen) atoms. The fraction of sp³-hybridized carbons (Fsp3) is 0.538. The number of hydrogen-bond donors (Lipinski definition) is 2. The number of halogens is 1. The third kappa shape index (κ3) is 4.64. The molecule has 0 saturated heterocycles. The molecule has 3 N–H and O–H groups in total. The SMILES string of the molecule is CCSCCC(C)NS(=O)(=O)c1cc(C)c(F)c(N)c1. The summed E-state index contributed by atoms with van der Waals surface area (Å²) in [5.74, 6) is 1.33. The predicted octanol–water partition coefficient (Wildman–Crippen LogP) is 2.53. The number of sulfonamides is 1. The smallest absolute Gasteiger partial charge is 0.240 e. The van der Waals surface area contributed by atoms with Crippen molar-refractivity contribution in [1.82, 2.24) is 4.72 Å². The summed E-state index contributed by atoms with van der Waals surface area (Å²) in [4.78, 5) is 0.00361. The van der Waals surface area contributed by atoms with Crippen LogP contribution in [-0.2, 0) is 10.0 Å². The molecule has 0 radical (unpaired) electrons. The highest BCUT2D eigenvalue weighted by Crippen LogP contribution is 2.21. The summed E-state index contributed by atoms with van der Waals surface area (Å²) in [5, 5.41) is 0. The van der Waals surface area contributed by atoms with Crippen LogP contribution in [-0.4, -0.2) is 26.0 Å². The maximum absolute atomic E-state index is 13.4. The van der Waals surface area contributed by atoms with Crippen molar-refractivity contribution >= 4 is 27.5 Å². The minimum atomic E-state index is -3.66. The monoisotopic (exact) mass is 320 g/mol. The number of thioether (sulfide) groups is 1. The second-order valence-electron chi connectivity index (χ2n) is 4.65. The molecule has 1 aromatic carbocycles. The van der Waals surface area contributed by atoms with Gasteiger partial charge in [-0.2, -0.15) is 11.8 Å². The number of nitrogens with two attached hydrogens (primary N) is 1. The third-order valence-electron chi connectivity index (χ3n) is 2.82. The van der Waals surface area contributed by atoms with Gasteiger partial charge in [-0.05, 0) is 49.5 Å². The van der Waals surface area contributed by atoms with Crippen LogP contribution in [0.15, 0.2) is 17.0 Å². The van der Waals surface area contributed by atoms with Crippen molar-refractivity contribution in [3.63, 3.8) is 0 Å². The van der Waals surface area contributed by atoms with E-state index in [1.165, 1.54) is 13.0 Å². The van der Waals surface area contributed by atoms with Gasteiger partial charge in [-0.1, -0.05) is 6.92 Å². The van der Waals surface area contributed by atoms with Gasteiger partial charge in [0.15, 0.2) is 0 Å². The van der Waals surface area contributed by atoms with Gasteiger partial charge in [0.05, 0.1) is 10.6 Å². The number of nitrogen functional groups attached to an aromatic ring is 1. The van der Waals surface area contributed by atoms with Crippen molar-refractivity contribution in [2.75, 3.05) is 17.2 Å². The lowest BCUT2D eigenvalue weighted by Gasteiger charge is -2.15. The first-order valence-corrected chi connectivity index (χ1v) is 9.07. The minimum Gasteiger partial charge on any atom is -0.396 e. The average molecular weight is 320 g/mol. The molecule has 1 atom stereocenters. The Balaban J connectivity index is 2.84. The van der Waals surface area contributed by atoms with Crippen LogP contribution in [0.4, 0.5) is 10.1 Å². The Kier molecular flexibility index (Phi) is 6.29. The zero-order chi connectivity index (χ0) is 15.3. The average Bonchev–Trinajstić information content (AvgIpc) is 2.35. The van der Waals surface area contributed by atoms with Gasteiger partial charge in [-0.15, -0.1) is 0 Å². The molecule has 0 heterocycles. The van der Waals surface area contributed by atoms with Gasteiger partial charge in [0, 0.05) is 6.04 Å². The molecule has 1 aromatic rings. The van der Waals surface area contributed by atoms with E-state index in [-0.39, 0.29) is 22.2 Å². The maximum Gasteiger partial charge on any atom is 0.240 e. The molecule has 0 bridgehead atoms. The highest BCUT2D eigenvalue weighted by molar-refractivity contribution is 7.99.